The van der Waals surface area contributed by atoms with Crippen LogP contribution in [0.4, 0.5) is 5.69 Å². The molecule has 0 bridgehead atoms. The summed E-state index contributed by atoms with van der Waals surface area (Å²) >= 11 is 2.32. The van der Waals surface area contributed by atoms with Gasteiger partial charge in [-0.1, -0.05) is 48.4 Å². The molecular formula is C24H28IN3O5. The van der Waals surface area contributed by atoms with E-state index in [1.807, 2.05) is 6.92 Å². The fourth-order valence-electron chi connectivity index (χ4n) is 5.91. The zero-order chi connectivity index (χ0) is 23.3. The van der Waals surface area contributed by atoms with Gasteiger partial charge in [0.15, 0.2) is 5.78 Å². The van der Waals surface area contributed by atoms with E-state index in [0.29, 0.717) is 24.2 Å². The molecule has 5 rings (SSSR count). The lowest BCUT2D eigenvalue weighted by atomic mass is 9.79. The summed E-state index contributed by atoms with van der Waals surface area (Å²) in [6.07, 6.45) is 3.78. The van der Waals surface area contributed by atoms with E-state index < -0.39 is 12.1 Å². The zero-order valence-electron chi connectivity index (χ0n) is 18.6. The molecule has 3 heterocycles. The minimum absolute atomic E-state index is 0.0404. The number of nitrogens with zero attached hydrogens (tertiary/aromatic N) is 1. The van der Waals surface area contributed by atoms with Gasteiger partial charge >= 0.3 is 0 Å². The van der Waals surface area contributed by atoms with Crippen LogP contribution in [-0.2, 0) is 25.5 Å². The molecule has 0 aromatic heterocycles. The van der Waals surface area contributed by atoms with Crippen molar-refractivity contribution in [2.24, 2.45) is 11.3 Å². The van der Waals surface area contributed by atoms with E-state index in [9.17, 15) is 19.2 Å². The number of nitrogens with one attached hydrogen (secondary N) is 2. The van der Waals surface area contributed by atoms with Crippen molar-refractivity contribution >= 4 is 51.8 Å². The standard InChI is InChI=1S/C24H28IN3O5/c1-13-10-28(19-17(29)11-33-20(13)19)23(32)21(24(12-25)6-2-3-7-24)27-22(31)15-5-4-14-9-18(30)26-16(14)8-15/h4-5,8,13,19-21H,2-3,6-7,9-12H2,1H3,(H,26,30)(H,27,31)/t13-,19-,20-,21-/m1/s1. The van der Waals surface area contributed by atoms with E-state index in [0.717, 1.165) is 35.7 Å². The average molecular weight is 565 g/mol. The molecule has 3 fully saturated rings. The fraction of sp³-hybridized carbons (Fsp3) is 0.583. The lowest BCUT2D eigenvalue weighted by Gasteiger charge is -2.38. The molecule has 1 saturated carbocycles. The van der Waals surface area contributed by atoms with Crippen LogP contribution in [0.15, 0.2) is 18.2 Å². The Kier molecular flexibility index (Phi) is 5.97. The summed E-state index contributed by atoms with van der Waals surface area (Å²) in [5, 5.41) is 5.83. The van der Waals surface area contributed by atoms with Crippen molar-refractivity contribution in [1.82, 2.24) is 10.2 Å². The van der Waals surface area contributed by atoms with Crippen molar-refractivity contribution < 1.29 is 23.9 Å². The van der Waals surface area contributed by atoms with Gasteiger partial charge in [0.05, 0.1) is 12.5 Å². The number of hydrogen-bond acceptors (Lipinski definition) is 5. The van der Waals surface area contributed by atoms with Crippen LogP contribution in [0.2, 0.25) is 0 Å². The molecule has 3 amide bonds. The van der Waals surface area contributed by atoms with E-state index in [1.54, 1.807) is 23.1 Å². The molecule has 1 aliphatic carbocycles. The molecule has 176 valence electrons. The second kappa shape index (κ2) is 8.65. The predicted molar refractivity (Wildman–Crippen MR) is 129 cm³/mol. The summed E-state index contributed by atoms with van der Waals surface area (Å²) in [7, 11) is 0. The number of carbonyl (C=O) groups is 4. The Hall–Kier alpha value is -2.01. The number of hydrogen-bond donors (Lipinski definition) is 2. The highest BCUT2D eigenvalue weighted by molar-refractivity contribution is 14.1. The number of ketones is 1. The van der Waals surface area contributed by atoms with Gasteiger partial charge < -0.3 is 20.3 Å². The van der Waals surface area contributed by atoms with Crippen LogP contribution in [0.1, 0.15) is 48.5 Å². The Labute approximate surface area is 206 Å². The van der Waals surface area contributed by atoms with Crippen LogP contribution in [0.5, 0.6) is 0 Å². The van der Waals surface area contributed by atoms with Crippen LogP contribution >= 0.6 is 22.6 Å². The van der Waals surface area contributed by atoms with Crippen LogP contribution in [0, 0.1) is 11.3 Å². The first-order chi connectivity index (χ1) is 15.8. The molecule has 3 aliphatic heterocycles. The molecule has 0 radical (unpaired) electrons. The molecule has 1 aromatic rings. The Morgan fingerprint density at radius 2 is 2.06 bits per heavy atom. The predicted octanol–water partition coefficient (Wildman–Crippen LogP) is 2.09. The Morgan fingerprint density at radius 1 is 1.30 bits per heavy atom. The Morgan fingerprint density at radius 3 is 2.79 bits per heavy atom. The number of ether oxygens (including phenoxy) is 1. The first kappa shape index (κ1) is 22.8. The van der Waals surface area contributed by atoms with Crippen molar-refractivity contribution in [3.63, 3.8) is 0 Å². The summed E-state index contributed by atoms with van der Waals surface area (Å²) in [6, 6.07) is 3.87. The summed E-state index contributed by atoms with van der Waals surface area (Å²) in [6.45, 7) is 2.49. The Bertz CT molecular complexity index is 1020. The number of amides is 3. The van der Waals surface area contributed by atoms with Crippen LogP contribution in [0.3, 0.4) is 0 Å². The molecule has 2 N–H and O–H groups in total. The van der Waals surface area contributed by atoms with E-state index in [-0.39, 0.29) is 47.5 Å². The SMILES string of the molecule is C[C@@H]1CN(C(=O)[C@@H](NC(=O)c2ccc3c(c2)NC(=O)C3)C2(CI)CCCC2)[C@@H]2C(=O)CO[C@H]12. The first-order valence-corrected chi connectivity index (χ1v) is 13.1. The van der Waals surface area contributed by atoms with E-state index in [1.165, 1.54) is 0 Å². The van der Waals surface area contributed by atoms with Gasteiger partial charge in [-0.25, -0.2) is 0 Å². The molecule has 2 saturated heterocycles. The van der Waals surface area contributed by atoms with Gasteiger partial charge in [0, 0.05) is 33.6 Å². The van der Waals surface area contributed by atoms with Gasteiger partial charge in [-0.05, 0) is 30.5 Å². The second-order valence-corrected chi connectivity index (χ2v) is 10.6. The molecular weight excluding hydrogens is 537 g/mol. The van der Waals surface area contributed by atoms with E-state index in [2.05, 4.69) is 33.2 Å². The average Bonchev–Trinajstić information content (AvgIpc) is 3.56. The molecule has 4 aliphatic rings. The number of carbonyl (C=O) groups excluding carboxylic acids is 4. The second-order valence-electron chi connectivity index (χ2n) is 9.86. The summed E-state index contributed by atoms with van der Waals surface area (Å²) in [4.78, 5) is 53.2. The van der Waals surface area contributed by atoms with E-state index >= 15 is 0 Å². The smallest absolute Gasteiger partial charge is 0.252 e. The minimum atomic E-state index is -0.716. The third-order valence-electron chi connectivity index (χ3n) is 7.72. The van der Waals surface area contributed by atoms with Gasteiger partial charge in [-0.3, -0.25) is 19.2 Å². The summed E-state index contributed by atoms with van der Waals surface area (Å²) in [5.74, 6) is -0.610. The van der Waals surface area contributed by atoms with Gasteiger partial charge in [-0.2, -0.15) is 0 Å². The fourth-order valence-corrected chi connectivity index (χ4v) is 7.11. The van der Waals surface area contributed by atoms with Crippen molar-refractivity contribution in [3.8, 4) is 0 Å². The number of halogens is 1. The lowest BCUT2D eigenvalue weighted by Crippen LogP contribution is -2.59. The van der Waals surface area contributed by atoms with Gasteiger partial charge in [0.1, 0.15) is 18.7 Å². The normalized spacial score (nSPS) is 28.4. The van der Waals surface area contributed by atoms with Crippen molar-refractivity contribution in [3.05, 3.63) is 29.3 Å². The minimum Gasteiger partial charge on any atom is -0.367 e. The number of benzene rings is 1. The quantitative estimate of drug-likeness (QED) is 0.421. The molecule has 4 atom stereocenters. The molecule has 0 unspecified atom stereocenters. The van der Waals surface area contributed by atoms with Gasteiger partial charge in [-0.15, -0.1) is 0 Å². The topological polar surface area (TPSA) is 105 Å². The monoisotopic (exact) mass is 565 g/mol. The molecule has 33 heavy (non-hydrogen) atoms. The van der Waals surface area contributed by atoms with Crippen LogP contribution in [0.25, 0.3) is 0 Å². The zero-order valence-corrected chi connectivity index (χ0v) is 20.7. The number of Topliss-reactive ketones (excluding diaryl/α,β-unsaturated/α-hetero) is 1. The molecule has 9 heteroatoms. The number of likely N-dealkylation sites (tertiary alicyclic amines) is 1. The highest BCUT2D eigenvalue weighted by atomic mass is 127. The van der Waals surface area contributed by atoms with Crippen LogP contribution in [-0.4, -0.2) is 64.2 Å². The number of rotatable bonds is 5. The highest BCUT2D eigenvalue weighted by Gasteiger charge is 2.54. The third kappa shape index (κ3) is 3.86. The maximum Gasteiger partial charge on any atom is 0.252 e. The summed E-state index contributed by atoms with van der Waals surface area (Å²) < 4.78 is 6.41. The number of alkyl halides is 1. The molecule has 8 nitrogen and oxygen atoms in total. The Balaban J connectivity index is 1.44. The maximum absolute atomic E-state index is 14.0. The third-order valence-corrected chi connectivity index (χ3v) is 9.24. The summed E-state index contributed by atoms with van der Waals surface area (Å²) in [5.41, 5.74) is 1.57. The van der Waals surface area contributed by atoms with Crippen molar-refractivity contribution in [2.75, 3.05) is 22.9 Å². The lowest BCUT2D eigenvalue weighted by molar-refractivity contribution is -0.140. The highest BCUT2D eigenvalue weighted by Crippen LogP contribution is 2.44. The largest absolute Gasteiger partial charge is 0.367 e. The molecule has 1 aromatic carbocycles. The van der Waals surface area contributed by atoms with Crippen LogP contribution < -0.4 is 10.6 Å². The first-order valence-electron chi connectivity index (χ1n) is 11.6. The van der Waals surface area contributed by atoms with Crippen molar-refractivity contribution in [2.45, 2.75) is 57.2 Å². The van der Waals surface area contributed by atoms with Gasteiger partial charge in [0.25, 0.3) is 5.91 Å². The van der Waals surface area contributed by atoms with Gasteiger partial charge in [0.2, 0.25) is 11.8 Å². The maximum atomic E-state index is 14.0. The number of fused-ring (bicyclic) bond motifs is 2. The molecule has 0 spiro atoms. The van der Waals surface area contributed by atoms with E-state index in [4.69, 9.17) is 4.74 Å². The van der Waals surface area contributed by atoms with Crippen molar-refractivity contribution in [1.29, 1.82) is 0 Å². The number of anilines is 1.